The van der Waals surface area contributed by atoms with Crippen LogP contribution in [0.3, 0.4) is 0 Å². The third-order valence-electron chi connectivity index (χ3n) is 4.28. The minimum atomic E-state index is 0.151. The minimum absolute atomic E-state index is 0.151. The molecule has 0 spiro atoms. The van der Waals surface area contributed by atoms with Crippen LogP contribution in [0.1, 0.15) is 32.1 Å². The molecule has 1 aromatic carbocycles. The van der Waals surface area contributed by atoms with Gasteiger partial charge in [0, 0.05) is 13.6 Å². The second-order valence-electron chi connectivity index (χ2n) is 6.01. The highest BCUT2D eigenvalue weighted by Crippen LogP contribution is 2.25. The molecule has 1 aromatic heterocycles. The van der Waals surface area contributed by atoms with Crippen LogP contribution in [-0.2, 0) is 4.79 Å². The van der Waals surface area contributed by atoms with E-state index in [0.29, 0.717) is 16.9 Å². The molecule has 2 aromatic rings. The van der Waals surface area contributed by atoms with Gasteiger partial charge in [-0.3, -0.25) is 4.79 Å². The molecule has 22 heavy (non-hydrogen) atoms. The van der Waals surface area contributed by atoms with Crippen LogP contribution >= 0.6 is 11.8 Å². The van der Waals surface area contributed by atoms with E-state index in [-0.39, 0.29) is 5.91 Å². The van der Waals surface area contributed by atoms with E-state index < -0.39 is 0 Å². The number of oxazole rings is 1. The molecule has 1 heterocycles. The first-order valence-electron chi connectivity index (χ1n) is 7.95. The van der Waals surface area contributed by atoms with Crippen molar-refractivity contribution in [3.8, 4) is 0 Å². The number of carbonyl (C=O) groups excluding carboxylic acids is 1. The highest BCUT2D eigenvalue weighted by atomic mass is 32.2. The zero-order valence-electron chi connectivity index (χ0n) is 13.0. The van der Waals surface area contributed by atoms with Gasteiger partial charge in [0.15, 0.2) is 5.58 Å². The normalized spacial score (nSPS) is 16.0. The zero-order valence-corrected chi connectivity index (χ0v) is 13.8. The van der Waals surface area contributed by atoms with Crippen molar-refractivity contribution in [1.82, 2.24) is 9.88 Å². The number of amides is 1. The van der Waals surface area contributed by atoms with Gasteiger partial charge in [0.05, 0.1) is 5.75 Å². The fourth-order valence-electron chi connectivity index (χ4n) is 3.01. The fourth-order valence-corrected chi connectivity index (χ4v) is 3.78. The topological polar surface area (TPSA) is 46.3 Å². The lowest BCUT2D eigenvalue weighted by molar-refractivity contribution is -0.127. The summed E-state index contributed by atoms with van der Waals surface area (Å²) in [6.07, 6.45) is 6.49. The van der Waals surface area contributed by atoms with Crippen LogP contribution in [-0.4, -0.2) is 35.1 Å². The van der Waals surface area contributed by atoms with Crippen LogP contribution in [0, 0.1) is 5.92 Å². The summed E-state index contributed by atoms with van der Waals surface area (Å²) < 4.78 is 5.63. The summed E-state index contributed by atoms with van der Waals surface area (Å²) in [5, 5.41) is 0.570. The van der Waals surface area contributed by atoms with Crippen LogP contribution in [0.4, 0.5) is 0 Å². The van der Waals surface area contributed by atoms with Crippen LogP contribution in [0.15, 0.2) is 33.9 Å². The van der Waals surface area contributed by atoms with Gasteiger partial charge in [0.25, 0.3) is 5.22 Å². The van der Waals surface area contributed by atoms with Crippen LogP contribution in [0.2, 0.25) is 0 Å². The smallest absolute Gasteiger partial charge is 0.257 e. The summed E-state index contributed by atoms with van der Waals surface area (Å²) in [5.74, 6) is 1.21. The van der Waals surface area contributed by atoms with Crippen molar-refractivity contribution in [2.45, 2.75) is 37.3 Å². The van der Waals surface area contributed by atoms with Crippen molar-refractivity contribution >= 4 is 28.8 Å². The molecular formula is C17H22N2O2S. The molecule has 4 nitrogen and oxygen atoms in total. The number of aromatic nitrogens is 1. The number of para-hydroxylation sites is 2. The number of hydrogen-bond acceptors (Lipinski definition) is 4. The molecule has 0 radical (unpaired) electrons. The van der Waals surface area contributed by atoms with Crippen molar-refractivity contribution in [2.24, 2.45) is 5.92 Å². The van der Waals surface area contributed by atoms with E-state index in [0.717, 1.165) is 17.6 Å². The van der Waals surface area contributed by atoms with Gasteiger partial charge in [-0.2, -0.15) is 0 Å². The van der Waals surface area contributed by atoms with Gasteiger partial charge in [0.1, 0.15) is 5.52 Å². The summed E-state index contributed by atoms with van der Waals surface area (Å²) in [6.45, 7) is 0.882. The van der Waals surface area contributed by atoms with E-state index in [1.165, 1.54) is 43.9 Å². The first kappa shape index (κ1) is 15.4. The SMILES string of the molecule is CN(CC1CCCCC1)C(=O)CSc1nc2ccccc2o1. The first-order chi connectivity index (χ1) is 10.7. The summed E-state index contributed by atoms with van der Waals surface area (Å²) >= 11 is 1.38. The summed E-state index contributed by atoms with van der Waals surface area (Å²) in [5.41, 5.74) is 1.61. The highest BCUT2D eigenvalue weighted by Gasteiger charge is 2.19. The molecule has 118 valence electrons. The Hall–Kier alpha value is -1.49. The second-order valence-corrected chi connectivity index (χ2v) is 6.94. The molecule has 0 bridgehead atoms. The summed E-state index contributed by atoms with van der Waals surface area (Å²) in [7, 11) is 1.91. The number of hydrogen-bond donors (Lipinski definition) is 0. The van der Waals surface area contributed by atoms with E-state index in [4.69, 9.17) is 4.42 Å². The van der Waals surface area contributed by atoms with Crippen molar-refractivity contribution < 1.29 is 9.21 Å². The van der Waals surface area contributed by atoms with Gasteiger partial charge in [0.2, 0.25) is 5.91 Å². The Balaban J connectivity index is 1.50. The molecular weight excluding hydrogens is 296 g/mol. The van der Waals surface area contributed by atoms with Gasteiger partial charge in [-0.05, 0) is 30.9 Å². The fraction of sp³-hybridized carbons (Fsp3) is 0.529. The highest BCUT2D eigenvalue weighted by molar-refractivity contribution is 7.99. The molecule has 0 atom stereocenters. The monoisotopic (exact) mass is 318 g/mol. The third kappa shape index (κ3) is 3.83. The summed E-state index contributed by atoms with van der Waals surface area (Å²) in [6, 6.07) is 7.66. The lowest BCUT2D eigenvalue weighted by Crippen LogP contribution is -2.33. The van der Waals surface area contributed by atoms with Gasteiger partial charge < -0.3 is 9.32 Å². The molecule has 5 heteroatoms. The molecule has 0 unspecified atom stereocenters. The number of fused-ring (bicyclic) bond motifs is 1. The Morgan fingerprint density at radius 3 is 2.86 bits per heavy atom. The first-order valence-corrected chi connectivity index (χ1v) is 8.93. The molecule has 0 saturated heterocycles. The van der Waals surface area contributed by atoms with E-state index in [2.05, 4.69) is 4.98 Å². The Morgan fingerprint density at radius 2 is 2.09 bits per heavy atom. The largest absolute Gasteiger partial charge is 0.431 e. The average Bonchev–Trinajstić information content (AvgIpc) is 2.96. The second kappa shape index (κ2) is 7.18. The van der Waals surface area contributed by atoms with E-state index >= 15 is 0 Å². The van der Waals surface area contributed by atoms with Gasteiger partial charge in [-0.15, -0.1) is 0 Å². The molecule has 1 amide bonds. The van der Waals surface area contributed by atoms with Crippen LogP contribution in [0.25, 0.3) is 11.1 Å². The Bertz CT molecular complexity index is 601. The van der Waals surface area contributed by atoms with Crippen molar-refractivity contribution in [1.29, 1.82) is 0 Å². The Kier molecular flexibility index (Phi) is 5.03. The molecule has 3 rings (SSSR count). The van der Waals surface area contributed by atoms with Gasteiger partial charge >= 0.3 is 0 Å². The Morgan fingerprint density at radius 1 is 1.32 bits per heavy atom. The number of thioether (sulfide) groups is 1. The lowest BCUT2D eigenvalue weighted by Gasteiger charge is -2.26. The van der Waals surface area contributed by atoms with Crippen molar-refractivity contribution in [3.63, 3.8) is 0 Å². The molecule has 1 saturated carbocycles. The Labute approximate surface area is 135 Å². The van der Waals surface area contributed by atoms with Crippen LogP contribution in [0.5, 0.6) is 0 Å². The molecule has 0 aliphatic heterocycles. The molecule has 0 N–H and O–H groups in total. The predicted octanol–water partition coefficient (Wildman–Crippen LogP) is 3.96. The standard InChI is InChI=1S/C17H22N2O2S/c1-19(11-13-7-3-2-4-8-13)16(20)12-22-17-18-14-9-5-6-10-15(14)21-17/h5-6,9-10,13H,2-4,7-8,11-12H2,1H3. The van der Waals surface area contributed by atoms with E-state index in [1.807, 2.05) is 36.2 Å². The van der Waals surface area contributed by atoms with Crippen LogP contribution < -0.4 is 0 Å². The maximum Gasteiger partial charge on any atom is 0.257 e. The minimum Gasteiger partial charge on any atom is -0.431 e. The quantitative estimate of drug-likeness (QED) is 0.783. The van der Waals surface area contributed by atoms with Gasteiger partial charge in [-0.25, -0.2) is 4.98 Å². The zero-order chi connectivity index (χ0) is 15.4. The number of rotatable bonds is 5. The van der Waals surface area contributed by atoms with E-state index in [9.17, 15) is 4.79 Å². The molecule has 1 aliphatic carbocycles. The predicted molar refractivity (Wildman–Crippen MR) is 88.9 cm³/mol. The summed E-state index contributed by atoms with van der Waals surface area (Å²) in [4.78, 5) is 18.5. The van der Waals surface area contributed by atoms with E-state index in [1.54, 1.807) is 0 Å². The van der Waals surface area contributed by atoms with Crippen molar-refractivity contribution in [2.75, 3.05) is 19.3 Å². The molecule has 1 aliphatic rings. The number of carbonyl (C=O) groups is 1. The maximum absolute atomic E-state index is 12.2. The number of nitrogens with zero attached hydrogens (tertiary/aromatic N) is 2. The number of benzene rings is 1. The lowest BCUT2D eigenvalue weighted by atomic mass is 9.89. The maximum atomic E-state index is 12.2. The molecule has 1 fully saturated rings. The average molecular weight is 318 g/mol. The van der Waals surface area contributed by atoms with Crippen molar-refractivity contribution in [3.05, 3.63) is 24.3 Å². The third-order valence-corrected chi connectivity index (χ3v) is 5.09. The van der Waals surface area contributed by atoms with Gasteiger partial charge in [-0.1, -0.05) is 43.2 Å².